The van der Waals surface area contributed by atoms with E-state index in [-0.39, 0.29) is 5.91 Å². The predicted octanol–water partition coefficient (Wildman–Crippen LogP) is 5.37. The molecule has 6 heteroatoms. The topological polar surface area (TPSA) is 56.2 Å². The summed E-state index contributed by atoms with van der Waals surface area (Å²) >= 11 is 1.45. The first-order valence-corrected chi connectivity index (χ1v) is 10.9. The zero-order valence-corrected chi connectivity index (χ0v) is 17.6. The lowest BCUT2D eigenvalue weighted by Gasteiger charge is -2.09. The highest BCUT2D eigenvalue weighted by Crippen LogP contribution is 2.24. The molecule has 0 atom stereocenters. The van der Waals surface area contributed by atoms with Crippen LogP contribution in [0, 0.1) is 0 Å². The second-order valence-electron chi connectivity index (χ2n) is 6.76. The van der Waals surface area contributed by atoms with Gasteiger partial charge in [-0.3, -0.25) is 4.79 Å². The molecule has 3 aromatic carbocycles. The molecule has 0 aliphatic rings. The molecule has 0 unspecified atom stereocenters. The van der Waals surface area contributed by atoms with Crippen LogP contribution in [0.5, 0.6) is 5.75 Å². The summed E-state index contributed by atoms with van der Waals surface area (Å²) in [5.74, 6) is 1.01. The van der Waals surface area contributed by atoms with E-state index in [4.69, 9.17) is 4.74 Å². The Bertz CT molecular complexity index is 1120. The molecule has 1 amide bonds. The number of rotatable bonds is 8. The number of nitrogens with zero attached hydrogens (tertiary/aromatic N) is 2. The smallest absolute Gasteiger partial charge is 0.234 e. The van der Waals surface area contributed by atoms with Crippen molar-refractivity contribution in [2.75, 3.05) is 11.1 Å². The van der Waals surface area contributed by atoms with Crippen molar-refractivity contribution in [2.24, 2.45) is 0 Å². The normalized spacial score (nSPS) is 10.8. The summed E-state index contributed by atoms with van der Waals surface area (Å²) in [4.78, 5) is 17.0. The minimum atomic E-state index is -0.0623. The number of ether oxygens (including phenoxy) is 1. The Labute approximate surface area is 180 Å². The fourth-order valence-corrected chi connectivity index (χ4v) is 4.05. The summed E-state index contributed by atoms with van der Waals surface area (Å²) in [7, 11) is 0. The summed E-state index contributed by atoms with van der Waals surface area (Å²) in [6, 6.07) is 25.5. The number of carbonyl (C=O) groups is 1. The zero-order valence-electron chi connectivity index (χ0n) is 16.7. The Kier molecular flexibility index (Phi) is 6.35. The van der Waals surface area contributed by atoms with Crippen LogP contribution >= 0.6 is 11.8 Å². The van der Waals surface area contributed by atoms with E-state index in [1.165, 1.54) is 11.8 Å². The highest BCUT2D eigenvalue weighted by molar-refractivity contribution is 7.99. The molecule has 4 rings (SSSR count). The van der Waals surface area contributed by atoms with Crippen LogP contribution in [0.25, 0.3) is 11.0 Å². The number of benzene rings is 3. The van der Waals surface area contributed by atoms with Gasteiger partial charge in [0.1, 0.15) is 12.4 Å². The van der Waals surface area contributed by atoms with Gasteiger partial charge in [0.25, 0.3) is 0 Å². The van der Waals surface area contributed by atoms with Crippen LogP contribution in [0.2, 0.25) is 0 Å². The summed E-state index contributed by atoms with van der Waals surface area (Å²) in [6.07, 6.45) is 0. The number of carbonyl (C=O) groups excluding carboxylic acids is 1. The monoisotopic (exact) mass is 417 g/mol. The van der Waals surface area contributed by atoms with E-state index < -0.39 is 0 Å². The van der Waals surface area contributed by atoms with Gasteiger partial charge in [-0.15, -0.1) is 0 Å². The number of aromatic nitrogens is 2. The Morgan fingerprint density at radius 3 is 2.50 bits per heavy atom. The van der Waals surface area contributed by atoms with Gasteiger partial charge in [-0.1, -0.05) is 54.2 Å². The van der Waals surface area contributed by atoms with Crippen molar-refractivity contribution in [3.63, 3.8) is 0 Å². The van der Waals surface area contributed by atoms with Gasteiger partial charge in [-0.25, -0.2) is 4.98 Å². The van der Waals surface area contributed by atoms with Crippen LogP contribution in [-0.2, 0) is 17.9 Å². The van der Waals surface area contributed by atoms with E-state index in [0.29, 0.717) is 12.4 Å². The molecular weight excluding hydrogens is 394 g/mol. The molecule has 0 saturated carbocycles. The van der Waals surface area contributed by atoms with Crippen molar-refractivity contribution in [2.45, 2.75) is 25.2 Å². The van der Waals surface area contributed by atoms with Crippen molar-refractivity contribution in [1.29, 1.82) is 0 Å². The van der Waals surface area contributed by atoms with Crippen LogP contribution in [-0.4, -0.2) is 21.2 Å². The number of aryl methyl sites for hydroxylation is 1. The molecule has 1 heterocycles. The van der Waals surface area contributed by atoms with Gasteiger partial charge in [0.15, 0.2) is 5.16 Å². The number of imidazole rings is 1. The van der Waals surface area contributed by atoms with Gasteiger partial charge >= 0.3 is 0 Å². The molecule has 4 aromatic rings. The van der Waals surface area contributed by atoms with Gasteiger partial charge in [-0.2, -0.15) is 0 Å². The SMILES string of the molecule is CCn1c(SCC(=O)Nc2ccc(OCc3ccccc3)cc2)nc2ccccc21. The van der Waals surface area contributed by atoms with E-state index in [1.807, 2.05) is 72.8 Å². The van der Waals surface area contributed by atoms with Crippen LogP contribution < -0.4 is 10.1 Å². The third-order valence-electron chi connectivity index (χ3n) is 4.65. The van der Waals surface area contributed by atoms with Gasteiger partial charge in [0.2, 0.25) is 5.91 Å². The third-order valence-corrected chi connectivity index (χ3v) is 5.63. The average molecular weight is 418 g/mol. The summed E-state index contributed by atoms with van der Waals surface area (Å²) in [6.45, 7) is 3.41. The summed E-state index contributed by atoms with van der Waals surface area (Å²) in [5.41, 5.74) is 3.91. The van der Waals surface area contributed by atoms with Gasteiger partial charge in [-0.05, 0) is 48.9 Å². The Balaban J connectivity index is 1.31. The first-order valence-electron chi connectivity index (χ1n) is 9.87. The van der Waals surface area contributed by atoms with E-state index in [9.17, 15) is 4.79 Å². The van der Waals surface area contributed by atoms with Crippen LogP contribution in [0.4, 0.5) is 5.69 Å². The minimum Gasteiger partial charge on any atom is -0.489 e. The fraction of sp³-hybridized carbons (Fsp3) is 0.167. The molecule has 0 bridgehead atoms. The predicted molar refractivity (Wildman–Crippen MR) is 122 cm³/mol. The van der Waals surface area contributed by atoms with Gasteiger partial charge < -0.3 is 14.6 Å². The second-order valence-corrected chi connectivity index (χ2v) is 7.71. The molecule has 30 heavy (non-hydrogen) atoms. The molecule has 1 N–H and O–H groups in total. The lowest BCUT2D eigenvalue weighted by Crippen LogP contribution is -2.14. The molecular formula is C24H23N3O2S. The lowest BCUT2D eigenvalue weighted by atomic mass is 10.2. The number of para-hydroxylation sites is 2. The zero-order chi connectivity index (χ0) is 20.8. The van der Waals surface area contributed by atoms with Gasteiger partial charge in [0, 0.05) is 12.2 Å². The number of hydrogen-bond donors (Lipinski definition) is 1. The summed E-state index contributed by atoms with van der Waals surface area (Å²) < 4.78 is 7.91. The average Bonchev–Trinajstić information content (AvgIpc) is 3.15. The number of amides is 1. The standard InChI is InChI=1S/C24H23N3O2S/c1-2-27-22-11-7-6-10-21(22)26-24(27)30-17-23(28)25-19-12-14-20(15-13-19)29-16-18-8-4-3-5-9-18/h3-15H,2,16-17H2,1H3,(H,25,28). The van der Waals surface area contributed by atoms with E-state index >= 15 is 0 Å². The molecule has 0 aliphatic heterocycles. The Hall–Kier alpha value is -3.25. The number of thioether (sulfide) groups is 1. The number of anilines is 1. The largest absolute Gasteiger partial charge is 0.489 e. The molecule has 1 aromatic heterocycles. The number of fused-ring (bicyclic) bond motifs is 1. The second kappa shape index (κ2) is 9.50. The fourth-order valence-electron chi connectivity index (χ4n) is 3.17. The van der Waals surface area contributed by atoms with E-state index in [0.717, 1.165) is 39.7 Å². The van der Waals surface area contributed by atoms with Crippen molar-refractivity contribution in [3.05, 3.63) is 84.4 Å². The van der Waals surface area contributed by atoms with E-state index in [1.54, 1.807) is 0 Å². The Morgan fingerprint density at radius 1 is 1.00 bits per heavy atom. The van der Waals surface area contributed by atoms with Crippen molar-refractivity contribution in [3.8, 4) is 5.75 Å². The quantitative estimate of drug-likeness (QED) is 0.392. The minimum absolute atomic E-state index is 0.0623. The number of nitrogens with one attached hydrogen (secondary N) is 1. The van der Waals surface area contributed by atoms with Crippen molar-refractivity contribution < 1.29 is 9.53 Å². The molecule has 0 spiro atoms. The lowest BCUT2D eigenvalue weighted by molar-refractivity contribution is -0.113. The Morgan fingerprint density at radius 2 is 1.73 bits per heavy atom. The molecule has 5 nitrogen and oxygen atoms in total. The van der Waals surface area contributed by atoms with Crippen molar-refractivity contribution >= 4 is 34.4 Å². The molecule has 0 fully saturated rings. The molecule has 0 saturated heterocycles. The third kappa shape index (κ3) is 4.83. The van der Waals surface area contributed by atoms with Crippen LogP contribution in [0.1, 0.15) is 12.5 Å². The molecule has 0 radical (unpaired) electrons. The first kappa shape index (κ1) is 20.0. The highest BCUT2D eigenvalue weighted by atomic mass is 32.2. The molecule has 152 valence electrons. The van der Waals surface area contributed by atoms with Gasteiger partial charge in [0.05, 0.1) is 16.8 Å². The number of hydrogen-bond acceptors (Lipinski definition) is 4. The highest BCUT2D eigenvalue weighted by Gasteiger charge is 2.12. The van der Waals surface area contributed by atoms with Crippen LogP contribution in [0.15, 0.2) is 84.0 Å². The maximum atomic E-state index is 12.4. The molecule has 0 aliphatic carbocycles. The van der Waals surface area contributed by atoms with Crippen molar-refractivity contribution in [1.82, 2.24) is 9.55 Å². The first-order chi connectivity index (χ1) is 14.7. The maximum Gasteiger partial charge on any atom is 0.234 e. The maximum absolute atomic E-state index is 12.4. The summed E-state index contributed by atoms with van der Waals surface area (Å²) in [5, 5.41) is 3.79. The van der Waals surface area contributed by atoms with E-state index in [2.05, 4.69) is 27.9 Å². The van der Waals surface area contributed by atoms with Crippen LogP contribution in [0.3, 0.4) is 0 Å².